The fourth-order valence-electron chi connectivity index (χ4n) is 1.09. The third-order valence-corrected chi connectivity index (χ3v) is 3.77. The molecule has 0 spiro atoms. The van der Waals surface area contributed by atoms with Crippen molar-refractivity contribution in [3.05, 3.63) is 0 Å². The molecular weight excluding hydrogens is 204 g/mol. The van der Waals surface area contributed by atoms with E-state index >= 15 is 0 Å². The molecule has 1 unspecified atom stereocenters. The van der Waals surface area contributed by atoms with Gasteiger partial charge >= 0.3 is 0 Å². The van der Waals surface area contributed by atoms with Crippen LogP contribution in [0.25, 0.3) is 0 Å². The highest BCUT2D eigenvalue weighted by Gasteiger charge is 2.25. The van der Waals surface area contributed by atoms with E-state index in [-0.39, 0.29) is 11.5 Å². The number of nitrogens with two attached hydrogens (primary N) is 2. The van der Waals surface area contributed by atoms with Gasteiger partial charge < -0.3 is 11.5 Å². The summed E-state index contributed by atoms with van der Waals surface area (Å²) in [5, 5.41) is 0. The Kier molecular flexibility index (Phi) is 4.08. The molecule has 0 bridgehead atoms. The molecule has 0 aliphatic heterocycles. The van der Waals surface area contributed by atoms with Gasteiger partial charge in [0.2, 0.25) is 5.91 Å². The third kappa shape index (κ3) is 5.93. The van der Waals surface area contributed by atoms with Gasteiger partial charge in [-0.3, -0.25) is 4.79 Å². The van der Waals surface area contributed by atoms with Crippen molar-refractivity contribution in [2.45, 2.75) is 26.3 Å². The van der Waals surface area contributed by atoms with Gasteiger partial charge in [-0.05, 0) is 13.8 Å². The molecule has 0 fully saturated rings. The monoisotopic (exact) mass is 222 g/mol. The van der Waals surface area contributed by atoms with Crippen LogP contribution in [-0.2, 0) is 14.6 Å². The van der Waals surface area contributed by atoms with Gasteiger partial charge in [-0.1, -0.05) is 6.92 Å². The fourth-order valence-corrected chi connectivity index (χ4v) is 3.27. The number of rotatable bonds is 5. The standard InChI is InChI=1S/C8H18N2O3S/c1-6(7(9)11)4-14(12,13)5-8(2,3)10/h6H,4-5,10H2,1-3H3,(H2,9,11). The zero-order chi connectivity index (χ0) is 11.6. The molecule has 0 saturated heterocycles. The lowest BCUT2D eigenvalue weighted by atomic mass is 10.1. The minimum atomic E-state index is -3.31. The first kappa shape index (κ1) is 13.4. The van der Waals surface area contributed by atoms with E-state index in [9.17, 15) is 13.2 Å². The van der Waals surface area contributed by atoms with Crippen LogP contribution < -0.4 is 11.5 Å². The summed E-state index contributed by atoms with van der Waals surface area (Å²) in [6.45, 7) is 4.74. The van der Waals surface area contributed by atoms with E-state index in [1.807, 2.05) is 0 Å². The zero-order valence-corrected chi connectivity index (χ0v) is 9.60. The molecule has 0 heterocycles. The molecule has 0 saturated carbocycles. The molecule has 0 aromatic carbocycles. The smallest absolute Gasteiger partial charge is 0.221 e. The quantitative estimate of drug-likeness (QED) is 0.639. The highest BCUT2D eigenvalue weighted by atomic mass is 32.2. The number of carbonyl (C=O) groups is 1. The number of amides is 1. The van der Waals surface area contributed by atoms with E-state index < -0.39 is 27.2 Å². The highest BCUT2D eigenvalue weighted by molar-refractivity contribution is 7.91. The van der Waals surface area contributed by atoms with E-state index in [0.717, 1.165) is 0 Å². The maximum absolute atomic E-state index is 11.5. The second-order valence-corrected chi connectivity index (χ2v) is 6.46. The Balaban J connectivity index is 4.45. The number of hydrogen-bond acceptors (Lipinski definition) is 4. The van der Waals surface area contributed by atoms with Crippen molar-refractivity contribution < 1.29 is 13.2 Å². The molecule has 0 aliphatic carbocycles. The van der Waals surface area contributed by atoms with Crippen molar-refractivity contribution in [3.8, 4) is 0 Å². The van der Waals surface area contributed by atoms with Crippen LogP contribution in [0.15, 0.2) is 0 Å². The molecule has 84 valence electrons. The Morgan fingerprint density at radius 1 is 1.43 bits per heavy atom. The molecule has 0 aliphatic rings. The van der Waals surface area contributed by atoms with Gasteiger partial charge in [0.15, 0.2) is 9.84 Å². The van der Waals surface area contributed by atoms with Gasteiger partial charge in [-0.2, -0.15) is 0 Å². The lowest BCUT2D eigenvalue weighted by Crippen LogP contribution is -2.42. The van der Waals surface area contributed by atoms with Gasteiger partial charge in [-0.15, -0.1) is 0 Å². The molecule has 0 rings (SSSR count). The lowest BCUT2D eigenvalue weighted by Gasteiger charge is -2.19. The summed E-state index contributed by atoms with van der Waals surface area (Å²) < 4.78 is 22.9. The van der Waals surface area contributed by atoms with Crippen LogP contribution in [0.1, 0.15) is 20.8 Å². The van der Waals surface area contributed by atoms with Gasteiger partial charge in [0.25, 0.3) is 0 Å². The van der Waals surface area contributed by atoms with Gasteiger partial charge in [0.1, 0.15) is 0 Å². The summed E-state index contributed by atoms with van der Waals surface area (Å²) >= 11 is 0. The Labute approximate surface area is 84.8 Å². The van der Waals surface area contributed by atoms with Gasteiger partial charge in [-0.25, -0.2) is 8.42 Å². The summed E-state index contributed by atoms with van der Waals surface area (Å²) in [6, 6.07) is 0. The highest BCUT2D eigenvalue weighted by Crippen LogP contribution is 2.07. The Morgan fingerprint density at radius 3 is 2.14 bits per heavy atom. The van der Waals surface area contributed by atoms with Crippen LogP contribution >= 0.6 is 0 Å². The van der Waals surface area contributed by atoms with Crippen LogP contribution in [0.3, 0.4) is 0 Å². The van der Waals surface area contributed by atoms with Crippen LogP contribution in [0, 0.1) is 5.92 Å². The van der Waals surface area contributed by atoms with Gasteiger partial charge in [0, 0.05) is 11.5 Å². The second-order valence-electron chi connectivity index (χ2n) is 4.35. The van der Waals surface area contributed by atoms with Crippen LogP contribution in [0.4, 0.5) is 0 Å². The Morgan fingerprint density at radius 2 is 1.86 bits per heavy atom. The van der Waals surface area contributed by atoms with Crippen molar-refractivity contribution in [2.75, 3.05) is 11.5 Å². The molecule has 14 heavy (non-hydrogen) atoms. The Bertz CT molecular complexity index is 303. The summed E-state index contributed by atoms with van der Waals surface area (Å²) in [7, 11) is -3.31. The van der Waals surface area contributed by atoms with Crippen LogP contribution in [-0.4, -0.2) is 31.4 Å². The predicted molar refractivity (Wildman–Crippen MR) is 55.3 cm³/mol. The topological polar surface area (TPSA) is 103 Å². The lowest BCUT2D eigenvalue weighted by molar-refractivity contribution is -0.120. The van der Waals surface area contributed by atoms with E-state index in [1.54, 1.807) is 13.8 Å². The second kappa shape index (κ2) is 4.27. The van der Waals surface area contributed by atoms with E-state index in [1.165, 1.54) is 6.92 Å². The first-order valence-electron chi connectivity index (χ1n) is 4.32. The van der Waals surface area contributed by atoms with Crippen LogP contribution in [0.5, 0.6) is 0 Å². The largest absolute Gasteiger partial charge is 0.369 e. The molecule has 5 nitrogen and oxygen atoms in total. The summed E-state index contributed by atoms with van der Waals surface area (Å²) in [6.07, 6.45) is 0. The number of primary amides is 1. The van der Waals surface area contributed by atoms with Crippen molar-refractivity contribution in [3.63, 3.8) is 0 Å². The normalized spacial score (nSPS) is 15.1. The molecular formula is C8H18N2O3S. The summed E-state index contributed by atoms with van der Waals surface area (Å²) in [5.74, 6) is -1.65. The van der Waals surface area contributed by atoms with Crippen molar-refractivity contribution >= 4 is 15.7 Å². The van der Waals surface area contributed by atoms with Crippen molar-refractivity contribution in [1.29, 1.82) is 0 Å². The maximum Gasteiger partial charge on any atom is 0.221 e. The summed E-state index contributed by atoms with van der Waals surface area (Å²) in [5.41, 5.74) is 9.77. The molecule has 0 aromatic rings. The maximum atomic E-state index is 11.5. The fraction of sp³-hybridized carbons (Fsp3) is 0.875. The van der Waals surface area contributed by atoms with E-state index in [0.29, 0.717) is 0 Å². The third-order valence-electron chi connectivity index (χ3n) is 1.58. The van der Waals surface area contributed by atoms with E-state index in [4.69, 9.17) is 11.5 Å². The number of carbonyl (C=O) groups excluding carboxylic acids is 1. The van der Waals surface area contributed by atoms with Crippen molar-refractivity contribution in [2.24, 2.45) is 17.4 Å². The molecule has 0 aromatic heterocycles. The molecule has 4 N–H and O–H groups in total. The zero-order valence-electron chi connectivity index (χ0n) is 8.78. The van der Waals surface area contributed by atoms with Crippen LogP contribution in [0.2, 0.25) is 0 Å². The molecule has 1 amide bonds. The van der Waals surface area contributed by atoms with E-state index in [2.05, 4.69) is 0 Å². The minimum Gasteiger partial charge on any atom is -0.369 e. The number of sulfone groups is 1. The minimum absolute atomic E-state index is 0.141. The SMILES string of the molecule is CC(CS(=O)(=O)CC(C)(C)N)C(N)=O. The number of hydrogen-bond donors (Lipinski definition) is 2. The first-order valence-corrected chi connectivity index (χ1v) is 6.14. The first-order chi connectivity index (χ1) is 6.03. The molecule has 0 radical (unpaired) electrons. The average molecular weight is 222 g/mol. The molecule has 1 atom stereocenters. The van der Waals surface area contributed by atoms with Crippen molar-refractivity contribution in [1.82, 2.24) is 0 Å². The summed E-state index contributed by atoms with van der Waals surface area (Å²) in [4.78, 5) is 10.7. The Hall–Kier alpha value is -0.620. The predicted octanol–water partition coefficient (Wildman–Crippen LogP) is -0.740. The molecule has 6 heteroatoms. The average Bonchev–Trinajstić information content (AvgIpc) is 1.78. The van der Waals surface area contributed by atoms with Gasteiger partial charge in [0.05, 0.1) is 11.5 Å².